The largest absolute Gasteiger partial charge is 0.481 e. The van der Waals surface area contributed by atoms with E-state index in [1.165, 1.54) is 16.8 Å². The Morgan fingerprint density at radius 3 is 3.14 bits per heavy atom. The van der Waals surface area contributed by atoms with E-state index in [1.54, 1.807) is 11.3 Å². The maximum absolute atomic E-state index is 10.8. The third-order valence-corrected chi connectivity index (χ3v) is 5.17. The van der Waals surface area contributed by atoms with Crippen molar-refractivity contribution in [2.24, 2.45) is 0 Å². The van der Waals surface area contributed by atoms with E-state index in [0.717, 1.165) is 27.2 Å². The normalized spacial score (nSPS) is 12.6. The molecule has 1 N–H and O–H groups in total. The van der Waals surface area contributed by atoms with Crippen LogP contribution in [0.4, 0.5) is 0 Å². The molecule has 0 saturated heterocycles. The first-order chi connectivity index (χ1) is 10.1. The number of carboxylic acids is 1. The van der Waals surface area contributed by atoms with Gasteiger partial charge in [0.25, 0.3) is 0 Å². The average molecular weight is 363 g/mol. The number of halogens is 1. The number of aryl methyl sites for hydroxylation is 1. The molecule has 1 aliphatic carbocycles. The first-order valence-corrected chi connectivity index (χ1v) is 8.29. The molecule has 0 saturated carbocycles. The standard InChI is InChI=1S/C15H11BrN2O2S/c16-9-1-3-11-8(5-9)6-12-14(11)17-15-18(12)10(7-21-15)2-4-13(19)20/h1,3,5,7H,2,4,6H2,(H,19,20). The van der Waals surface area contributed by atoms with E-state index in [0.29, 0.717) is 6.42 Å². The Morgan fingerprint density at radius 1 is 1.48 bits per heavy atom. The maximum Gasteiger partial charge on any atom is 0.303 e. The molecular weight excluding hydrogens is 352 g/mol. The van der Waals surface area contributed by atoms with Gasteiger partial charge in [-0.1, -0.05) is 22.0 Å². The highest BCUT2D eigenvalue weighted by molar-refractivity contribution is 9.10. The molecule has 1 aliphatic rings. The van der Waals surface area contributed by atoms with Crippen LogP contribution in [0.3, 0.4) is 0 Å². The van der Waals surface area contributed by atoms with Crippen molar-refractivity contribution in [3.63, 3.8) is 0 Å². The number of fused-ring (bicyclic) bond motifs is 5. The summed E-state index contributed by atoms with van der Waals surface area (Å²) in [5, 5.41) is 10.9. The van der Waals surface area contributed by atoms with Crippen LogP contribution in [0.15, 0.2) is 28.1 Å². The van der Waals surface area contributed by atoms with Gasteiger partial charge in [-0.15, -0.1) is 11.3 Å². The Balaban J connectivity index is 1.83. The van der Waals surface area contributed by atoms with Gasteiger partial charge >= 0.3 is 5.97 Å². The molecule has 0 radical (unpaired) electrons. The van der Waals surface area contributed by atoms with Gasteiger partial charge in [0.15, 0.2) is 4.96 Å². The monoisotopic (exact) mass is 362 g/mol. The van der Waals surface area contributed by atoms with Crippen LogP contribution in [0, 0.1) is 0 Å². The van der Waals surface area contributed by atoms with Gasteiger partial charge in [0, 0.05) is 27.5 Å². The van der Waals surface area contributed by atoms with Crippen molar-refractivity contribution in [1.29, 1.82) is 0 Å². The highest BCUT2D eigenvalue weighted by Crippen LogP contribution is 2.39. The van der Waals surface area contributed by atoms with Crippen LogP contribution in [0.25, 0.3) is 16.2 Å². The summed E-state index contributed by atoms with van der Waals surface area (Å²) in [6.07, 6.45) is 1.54. The first-order valence-electron chi connectivity index (χ1n) is 6.62. The Kier molecular flexibility index (Phi) is 2.90. The van der Waals surface area contributed by atoms with Gasteiger partial charge in [-0.3, -0.25) is 9.20 Å². The van der Waals surface area contributed by atoms with Crippen molar-refractivity contribution in [3.8, 4) is 11.3 Å². The van der Waals surface area contributed by atoms with Gasteiger partial charge < -0.3 is 5.11 Å². The summed E-state index contributed by atoms with van der Waals surface area (Å²) < 4.78 is 3.21. The topological polar surface area (TPSA) is 54.6 Å². The fourth-order valence-corrected chi connectivity index (χ4v) is 4.23. The zero-order chi connectivity index (χ0) is 14.6. The summed E-state index contributed by atoms with van der Waals surface area (Å²) in [5.74, 6) is -0.765. The van der Waals surface area contributed by atoms with E-state index in [1.807, 2.05) is 11.4 Å². The van der Waals surface area contributed by atoms with Crippen molar-refractivity contribution < 1.29 is 9.90 Å². The van der Waals surface area contributed by atoms with Gasteiger partial charge in [0.1, 0.15) is 0 Å². The molecule has 0 unspecified atom stereocenters. The van der Waals surface area contributed by atoms with Crippen LogP contribution < -0.4 is 0 Å². The first kappa shape index (κ1) is 13.0. The van der Waals surface area contributed by atoms with E-state index < -0.39 is 5.97 Å². The van der Waals surface area contributed by atoms with Crippen LogP contribution in [0.1, 0.15) is 23.4 Å². The highest BCUT2D eigenvalue weighted by atomic mass is 79.9. The number of nitrogens with zero attached hydrogens (tertiary/aromatic N) is 2. The molecule has 0 aliphatic heterocycles. The predicted octanol–water partition coefficient (Wildman–Crippen LogP) is 3.75. The third-order valence-electron chi connectivity index (χ3n) is 3.80. The van der Waals surface area contributed by atoms with E-state index in [9.17, 15) is 4.79 Å². The molecule has 4 nitrogen and oxygen atoms in total. The van der Waals surface area contributed by atoms with E-state index in [4.69, 9.17) is 10.1 Å². The number of imidazole rings is 1. The van der Waals surface area contributed by atoms with Crippen molar-refractivity contribution in [3.05, 3.63) is 45.0 Å². The number of thiazole rings is 1. The lowest BCUT2D eigenvalue weighted by molar-refractivity contribution is -0.136. The highest BCUT2D eigenvalue weighted by Gasteiger charge is 2.26. The van der Waals surface area contributed by atoms with E-state index in [-0.39, 0.29) is 6.42 Å². The minimum Gasteiger partial charge on any atom is -0.481 e. The van der Waals surface area contributed by atoms with E-state index in [2.05, 4.69) is 32.5 Å². The molecule has 0 bridgehead atoms. The number of aliphatic carboxylic acids is 1. The molecule has 0 atom stereocenters. The summed E-state index contributed by atoms with van der Waals surface area (Å²) in [7, 11) is 0. The summed E-state index contributed by atoms with van der Waals surface area (Å²) in [4.78, 5) is 16.5. The number of hydrogen-bond acceptors (Lipinski definition) is 3. The molecular formula is C15H11BrN2O2S. The molecule has 21 heavy (non-hydrogen) atoms. The quantitative estimate of drug-likeness (QED) is 0.603. The lowest BCUT2D eigenvalue weighted by Gasteiger charge is -2.01. The van der Waals surface area contributed by atoms with Gasteiger partial charge in [-0.05, 0) is 24.1 Å². The Labute approximate surface area is 133 Å². The molecule has 4 rings (SSSR count). The molecule has 106 valence electrons. The van der Waals surface area contributed by atoms with Crippen molar-refractivity contribution in [1.82, 2.24) is 9.38 Å². The van der Waals surface area contributed by atoms with Crippen LogP contribution >= 0.6 is 27.3 Å². The molecule has 0 amide bonds. The minimum absolute atomic E-state index is 0.150. The second-order valence-corrected chi connectivity index (χ2v) is 6.88. The van der Waals surface area contributed by atoms with E-state index >= 15 is 0 Å². The smallest absolute Gasteiger partial charge is 0.303 e. The average Bonchev–Trinajstić information content (AvgIpc) is 3.05. The van der Waals surface area contributed by atoms with Gasteiger partial charge in [0.05, 0.1) is 17.8 Å². The molecule has 2 heterocycles. The van der Waals surface area contributed by atoms with Crippen molar-refractivity contribution >= 4 is 38.2 Å². The van der Waals surface area contributed by atoms with Gasteiger partial charge in [-0.2, -0.15) is 0 Å². The summed E-state index contributed by atoms with van der Waals surface area (Å²) in [6, 6.07) is 6.26. The predicted molar refractivity (Wildman–Crippen MR) is 85.0 cm³/mol. The summed E-state index contributed by atoms with van der Waals surface area (Å²) >= 11 is 5.08. The van der Waals surface area contributed by atoms with Crippen LogP contribution in [-0.2, 0) is 17.6 Å². The number of benzene rings is 1. The number of aromatic nitrogens is 2. The fourth-order valence-electron chi connectivity index (χ4n) is 2.88. The zero-order valence-electron chi connectivity index (χ0n) is 11.0. The Morgan fingerprint density at radius 2 is 2.33 bits per heavy atom. The molecule has 0 fully saturated rings. The lowest BCUT2D eigenvalue weighted by atomic mass is 10.1. The Bertz CT molecular complexity index is 881. The van der Waals surface area contributed by atoms with Crippen LogP contribution in [-0.4, -0.2) is 20.5 Å². The number of carbonyl (C=O) groups is 1. The van der Waals surface area contributed by atoms with Gasteiger partial charge in [0.2, 0.25) is 0 Å². The van der Waals surface area contributed by atoms with Crippen LogP contribution in [0.2, 0.25) is 0 Å². The zero-order valence-corrected chi connectivity index (χ0v) is 13.4. The molecule has 6 heteroatoms. The molecule has 1 aromatic carbocycles. The summed E-state index contributed by atoms with van der Waals surface area (Å²) in [5.41, 5.74) is 5.72. The number of carboxylic acid groups (broad SMARTS) is 1. The Hall–Kier alpha value is -1.66. The third kappa shape index (κ3) is 2.01. The SMILES string of the molecule is O=C(O)CCc1csc2nc3c(n12)Cc1cc(Br)ccc1-3. The second-order valence-electron chi connectivity index (χ2n) is 5.12. The lowest BCUT2D eigenvalue weighted by Crippen LogP contribution is -2.01. The van der Waals surface area contributed by atoms with Gasteiger partial charge in [-0.25, -0.2) is 4.98 Å². The number of rotatable bonds is 3. The van der Waals surface area contributed by atoms with Crippen molar-refractivity contribution in [2.45, 2.75) is 19.3 Å². The summed E-state index contributed by atoms with van der Waals surface area (Å²) in [6.45, 7) is 0. The maximum atomic E-state index is 10.8. The van der Waals surface area contributed by atoms with Crippen molar-refractivity contribution in [2.75, 3.05) is 0 Å². The molecule has 2 aromatic heterocycles. The molecule has 0 spiro atoms. The minimum atomic E-state index is -0.765. The molecule has 3 aromatic rings. The van der Waals surface area contributed by atoms with Crippen LogP contribution in [0.5, 0.6) is 0 Å². The fraction of sp³-hybridized carbons (Fsp3) is 0.200. The second kappa shape index (κ2) is 4.68. The number of hydrogen-bond donors (Lipinski definition) is 1.